The second-order valence-electron chi connectivity index (χ2n) is 5.20. The fourth-order valence-corrected chi connectivity index (χ4v) is 1.79. The maximum Gasteiger partial charge on any atom is 0.227 e. The quantitative estimate of drug-likeness (QED) is 0.634. The van der Waals surface area contributed by atoms with Crippen molar-refractivity contribution in [2.24, 2.45) is 11.1 Å². The summed E-state index contributed by atoms with van der Waals surface area (Å²) in [5.74, 6) is -0.0784. The average Bonchev–Trinajstić information content (AvgIpc) is 2.62. The predicted molar refractivity (Wildman–Crippen MR) is 59.3 cm³/mol. The summed E-state index contributed by atoms with van der Waals surface area (Å²) in [5, 5.41) is 12.8. The van der Waals surface area contributed by atoms with Crippen LogP contribution >= 0.6 is 0 Å². The van der Waals surface area contributed by atoms with Crippen LogP contribution in [0.4, 0.5) is 0 Å². The smallest absolute Gasteiger partial charge is 0.227 e. The molecule has 0 radical (unpaired) electrons. The van der Waals surface area contributed by atoms with E-state index in [0.717, 1.165) is 25.7 Å². The highest BCUT2D eigenvalue weighted by molar-refractivity contribution is 5.82. The molecule has 1 saturated carbocycles. The monoisotopic (exact) mass is 214 g/mol. The lowest BCUT2D eigenvalue weighted by Crippen LogP contribution is -2.47. The van der Waals surface area contributed by atoms with Gasteiger partial charge in [0, 0.05) is 13.1 Å². The number of hydrogen-bond donors (Lipinski definition) is 3. The lowest BCUT2D eigenvalue weighted by atomic mass is 9.92. The summed E-state index contributed by atoms with van der Waals surface area (Å²) >= 11 is 0. The van der Waals surface area contributed by atoms with Gasteiger partial charge in [-0.25, -0.2) is 0 Å². The van der Waals surface area contributed by atoms with Gasteiger partial charge in [-0.2, -0.15) is 0 Å². The highest BCUT2D eigenvalue weighted by atomic mass is 16.3. The molecule has 1 fully saturated rings. The van der Waals surface area contributed by atoms with Crippen molar-refractivity contribution in [2.45, 2.75) is 45.1 Å². The molecule has 4 N–H and O–H groups in total. The van der Waals surface area contributed by atoms with Gasteiger partial charge < -0.3 is 16.2 Å². The van der Waals surface area contributed by atoms with Crippen molar-refractivity contribution in [1.82, 2.24) is 5.32 Å². The van der Waals surface area contributed by atoms with Crippen molar-refractivity contribution in [3.8, 4) is 0 Å². The summed E-state index contributed by atoms with van der Waals surface area (Å²) in [6, 6.07) is 0. The molecule has 0 aliphatic heterocycles. The first-order valence-corrected chi connectivity index (χ1v) is 5.60. The van der Waals surface area contributed by atoms with Crippen LogP contribution in [-0.4, -0.2) is 29.7 Å². The molecule has 1 rings (SSSR count). The Morgan fingerprint density at radius 3 is 2.47 bits per heavy atom. The van der Waals surface area contributed by atoms with E-state index in [-0.39, 0.29) is 5.91 Å². The highest BCUT2D eigenvalue weighted by Gasteiger charge is 2.33. The molecule has 0 saturated heterocycles. The van der Waals surface area contributed by atoms with Gasteiger partial charge >= 0.3 is 0 Å². The minimum atomic E-state index is -0.680. The van der Waals surface area contributed by atoms with Crippen LogP contribution in [0.15, 0.2) is 0 Å². The number of nitrogens with two attached hydrogens (primary N) is 1. The fourth-order valence-electron chi connectivity index (χ4n) is 1.79. The van der Waals surface area contributed by atoms with E-state index in [1.807, 2.05) is 0 Å². The summed E-state index contributed by atoms with van der Waals surface area (Å²) in [6.45, 7) is 4.29. The van der Waals surface area contributed by atoms with Crippen molar-refractivity contribution in [3.63, 3.8) is 0 Å². The van der Waals surface area contributed by atoms with E-state index in [2.05, 4.69) is 5.32 Å². The van der Waals surface area contributed by atoms with Crippen LogP contribution in [0.25, 0.3) is 0 Å². The maximum absolute atomic E-state index is 11.7. The van der Waals surface area contributed by atoms with Gasteiger partial charge in [-0.1, -0.05) is 12.8 Å². The Morgan fingerprint density at radius 2 is 2.00 bits per heavy atom. The van der Waals surface area contributed by atoms with Gasteiger partial charge in [0.05, 0.1) is 11.0 Å². The van der Waals surface area contributed by atoms with Crippen molar-refractivity contribution in [2.75, 3.05) is 13.1 Å². The van der Waals surface area contributed by atoms with E-state index >= 15 is 0 Å². The Morgan fingerprint density at radius 1 is 1.47 bits per heavy atom. The van der Waals surface area contributed by atoms with Crippen molar-refractivity contribution >= 4 is 5.91 Å². The predicted octanol–water partition coefficient (Wildman–Crippen LogP) is 0.393. The molecule has 4 nitrogen and oxygen atoms in total. The third-order valence-corrected chi connectivity index (χ3v) is 3.24. The van der Waals surface area contributed by atoms with Gasteiger partial charge in [-0.3, -0.25) is 4.79 Å². The zero-order chi connectivity index (χ0) is 11.5. The summed E-state index contributed by atoms with van der Waals surface area (Å²) in [6.07, 6.45) is 3.67. The van der Waals surface area contributed by atoms with Gasteiger partial charge in [0.2, 0.25) is 5.91 Å². The molecule has 15 heavy (non-hydrogen) atoms. The molecule has 1 aliphatic carbocycles. The van der Waals surface area contributed by atoms with Crippen LogP contribution in [0, 0.1) is 5.41 Å². The molecule has 0 aromatic rings. The molecule has 0 aromatic heterocycles. The normalized spacial score (nSPS) is 20.3. The summed E-state index contributed by atoms with van der Waals surface area (Å²) < 4.78 is 0. The molecular weight excluding hydrogens is 192 g/mol. The van der Waals surface area contributed by atoms with E-state index in [9.17, 15) is 9.90 Å². The van der Waals surface area contributed by atoms with Crippen LogP contribution in [-0.2, 0) is 4.79 Å². The molecule has 0 heterocycles. The SMILES string of the molecule is CC(C)(CN)C(=O)NCC1(O)CCCC1. The number of rotatable bonds is 4. The minimum absolute atomic E-state index is 0.0784. The molecule has 0 spiro atoms. The van der Waals surface area contributed by atoms with Crippen LogP contribution in [0.3, 0.4) is 0 Å². The van der Waals surface area contributed by atoms with Gasteiger partial charge in [0.1, 0.15) is 0 Å². The molecule has 4 heteroatoms. The molecular formula is C11H22N2O2. The van der Waals surface area contributed by atoms with Crippen molar-refractivity contribution < 1.29 is 9.90 Å². The Labute approximate surface area is 91.2 Å². The Hall–Kier alpha value is -0.610. The molecule has 88 valence electrons. The fraction of sp³-hybridized carbons (Fsp3) is 0.909. The van der Waals surface area contributed by atoms with Gasteiger partial charge in [-0.15, -0.1) is 0 Å². The zero-order valence-electron chi connectivity index (χ0n) is 9.68. The second-order valence-corrected chi connectivity index (χ2v) is 5.20. The van der Waals surface area contributed by atoms with Crippen LogP contribution in [0.2, 0.25) is 0 Å². The average molecular weight is 214 g/mol. The lowest BCUT2D eigenvalue weighted by molar-refractivity contribution is -0.130. The van der Waals surface area contributed by atoms with Crippen LogP contribution in [0.1, 0.15) is 39.5 Å². The molecule has 1 aliphatic rings. The number of carbonyl (C=O) groups excluding carboxylic acids is 1. The topological polar surface area (TPSA) is 75.4 Å². The first kappa shape index (κ1) is 12.5. The van der Waals surface area contributed by atoms with Crippen molar-refractivity contribution in [1.29, 1.82) is 0 Å². The van der Waals surface area contributed by atoms with Crippen molar-refractivity contribution in [3.05, 3.63) is 0 Å². The number of amides is 1. The lowest BCUT2D eigenvalue weighted by Gasteiger charge is -2.26. The molecule has 0 atom stereocenters. The maximum atomic E-state index is 11.7. The third-order valence-electron chi connectivity index (χ3n) is 3.24. The van der Waals surface area contributed by atoms with E-state index in [0.29, 0.717) is 13.1 Å². The Balaban J connectivity index is 2.40. The summed E-state index contributed by atoms with van der Waals surface area (Å²) in [7, 11) is 0. The minimum Gasteiger partial charge on any atom is -0.388 e. The number of aliphatic hydroxyl groups is 1. The van der Waals surface area contributed by atoms with Gasteiger partial charge in [0.25, 0.3) is 0 Å². The largest absolute Gasteiger partial charge is 0.388 e. The van der Waals surface area contributed by atoms with Gasteiger partial charge in [-0.05, 0) is 26.7 Å². The first-order valence-electron chi connectivity index (χ1n) is 5.60. The first-order chi connectivity index (χ1) is 6.90. The second kappa shape index (κ2) is 4.49. The standard InChI is InChI=1S/C11H22N2O2/c1-10(2,7-12)9(14)13-8-11(15)5-3-4-6-11/h15H,3-8,12H2,1-2H3,(H,13,14). The van der Waals surface area contributed by atoms with Gasteiger partial charge in [0.15, 0.2) is 0 Å². The van der Waals surface area contributed by atoms with E-state index in [1.165, 1.54) is 0 Å². The van der Waals surface area contributed by atoms with Crippen LogP contribution < -0.4 is 11.1 Å². The Bertz CT molecular complexity index is 233. The van der Waals surface area contributed by atoms with E-state index < -0.39 is 11.0 Å². The highest BCUT2D eigenvalue weighted by Crippen LogP contribution is 2.28. The Kier molecular flexibility index (Phi) is 3.73. The van der Waals surface area contributed by atoms with Crippen LogP contribution in [0.5, 0.6) is 0 Å². The van der Waals surface area contributed by atoms with E-state index in [1.54, 1.807) is 13.8 Å². The molecule has 0 bridgehead atoms. The van der Waals surface area contributed by atoms with E-state index in [4.69, 9.17) is 5.73 Å². The molecule has 1 amide bonds. The zero-order valence-corrected chi connectivity index (χ0v) is 9.68. The molecule has 0 aromatic carbocycles. The number of hydrogen-bond acceptors (Lipinski definition) is 3. The molecule has 0 unspecified atom stereocenters. The number of carbonyl (C=O) groups is 1. The summed E-state index contributed by atoms with van der Waals surface area (Å²) in [4.78, 5) is 11.7. The number of nitrogens with one attached hydrogen (secondary N) is 1. The third kappa shape index (κ3) is 3.18. The summed E-state index contributed by atoms with van der Waals surface area (Å²) in [5.41, 5.74) is 4.27.